The summed E-state index contributed by atoms with van der Waals surface area (Å²) in [4.78, 5) is 5.54. The summed E-state index contributed by atoms with van der Waals surface area (Å²) in [5.74, 6) is 0.817. The summed E-state index contributed by atoms with van der Waals surface area (Å²) in [7, 11) is 0. The largest absolute Gasteiger partial charge is 0.247 e. The first kappa shape index (κ1) is 7.09. The first-order valence-electron chi connectivity index (χ1n) is 2.78. The molecule has 0 unspecified atom stereocenters. The number of rotatable bonds is 1. The Morgan fingerprint density at radius 2 is 2.22 bits per heavy atom. The SMILES string of the molecule is Cc1nc(C)c(CS)s1. The van der Waals surface area contributed by atoms with Crippen LogP contribution in [0.2, 0.25) is 0 Å². The van der Waals surface area contributed by atoms with E-state index in [1.807, 2.05) is 13.8 Å². The Morgan fingerprint density at radius 1 is 1.56 bits per heavy atom. The van der Waals surface area contributed by atoms with Crippen LogP contribution < -0.4 is 0 Å². The number of aromatic nitrogens is 1. The van der Waals surface area contributed by atoms with E-state index < -0.39 is 0 Å². The summed E-state index contributed by atoms with van der Waals surface area (Å²) < 4.78 is 0. The fraction of sp³-hybridized carbons (Fsp3) is 0.500. The van der Waals surface area contributed by atoms with Gasteiger partial charge in [0.15, 0.2) is 0 Å². The van der Waals surface area contributed by atoms with Crippen LogP contribution in [-0.2, 0) is 5.75 Å². The van der Waals surface area contributed by atoms with E-state index in [0.717, 1.165) is 16.5 Å². The number of hydrogen-bond donors (Lipinski definition) is 1. The van der Waals surface area contributed by atoms with Crippen LogP contribution in [0.15, 0.2) is 0 Å². The number of thiazole rings is 1. The molecule has 0 amide bonds. The molecule has 0 bridgehead atoms. The van der Waals surface area contributed by atoms with E-state index in [1.54, 1.807) is 11.3 Å². The minimum absolute atomic E-state index is 0.817. The first-order chi connectivity index (χ1) is 4.24. The van der Waals surface area contributed by atoms with Crippen molar-refractivity contribution in [1.29, 1.82) is 0 Å². The normalized spacial score (nSPS) is 10.1. The Morgan fingerprint density at radius 3 is 2.44 bits per heavy atom. The van der Waals surface area contributed by atoms with Gasteiger partial charge in [-0.05, 0) is 13.8 Å². The Hall–Kier alpha value is -0.0200. The minimum Gasteiger partial charge on any atom is -0.247 e. The molecule has 50 valence electrons. The average molecular weight is 159 g/mol. The molecule has 0 atom stereocenters. The monoisotopic (exact) mass is 159 g/mol. The van der Waals surface area contributed by atoms with Gasteiger partial charge in [-0.1, -0.05) is 0 Å². The second-order valence-corrected chi connectivity index (χ2v) is 3.50. The molecule has 1 nitrogen and oxygen atoms in total. The molecule has 1 rings (SSSR count). The van der Waals surface area contributed by atoms with E-state index >= 15 is 0 Å². The Labute approximate surface area is 64.5 Å². The predicted molar refractivity (Wildman–Crippen MR) is 44.3 cm³/mol. The smallest absolute Gasteiger partial charge is 0.0900 e. The highest BCUT2D eigenvalue weighted by atomic mass is 32.1. The van der Waals surface area contributed by atoms with Gasteiger partial charge in [-0.3, -0.25) is 0 Å². The van der Waals surface area contributed by atoms with Crippen molar-refractivity contribution in [2.45, 2.75) is 19.6 Å². The van der Waals surface area contributed by atoms with E-state index in [2.05, 4.69) is 17.6 Å². The third kappa shape index (κ3) is 1.46. The van der Waals surface area contributed by atoms with Crippen molar-refractivity contribution in [2.75, 3.05) is 0 Å². The van der Waals surface area contributed by atoms with Gasteiger partial charge in [0.2, 0.25) is 0 Å². The van der Waals surface area contributed by atoms with Gasteiger partial charge in [-0.2, -0.15) is 12.6 Å². The van der Waals surface area contributed by atoms with Crippen LogP contribution in [0.1, 0.15) is 15.6 Å². The highest BCUT2D eigenvalue weighted by molar-refractivity contribution is 7.79. The summed E-state index contributed by atoms with van der Waals surface area (Å²) in [6.45, 7) is 4.04. The molecule has 0 aliphatic rings. The Bertz CT molecular complexity index is 205. The molecule has 0 spiro atoms. The number of thiol groups is 1. The van der Waals surface area contributed by atoms with Gasteiger partial charge >= 0.3 is 0 Å². The molecule has 3 heteroatoms. The molecule has 0 saturated heterocycles. The third-order valence-electron chi connectivity index (χ3n) is 1.14. The molecule has 1 aromatic rings. The van der Waals surface area contributed by atoms with Crippen LogP contribution in [-0.4, -0.2) is 4.98 Å². The lowest BCUT2D eigenvalue weighted by molar-refractivity contribution is 1.17. The maximum atomic E-state index is 4.25. The number of aryl methyl sites for hydroxylation is 2. The lowest BCUT2D eigenvalue weighted by atomic mass is 10.4. The molecular weight excluding hydrogens is 150 g/mol. The van der Waals surface area contributed by atoms with Crippen molar-refractivity contribution in [1.82, 2.24) is 4.98 Å². The second-order valence-electron chi connectivity index (χ2n) is 1.90. The van der Waals surface area contributed by atoms with Gasteiger partial charge in [0, 0.05) is 10.6 Å². The maximum Gasteiger partial charge on any atom is 0.0900 e. The number of hydrogen-bond acceptors (Lipinski definition) is 3. The van der Waals surface area contributed by atoms with Gasteiger partial charge < -0.3 is 0 Å². The standard InChI is InChI=1S/C6H9NS2/c1-4-6(3-8)9-5(2)7-4/h8H,3H2,1-2H3. The molecule has 0 fully saturated rings. The Kier molecular flexibility index (Phi) is 2.13. The highest BCUT2D eigenvalue weighted by Crippen LogP contribution is 2.18. The van der Waals surface area contributed by atoms with E-state index in [-0.39, 0.29) is 0 Å². The van der Waals surface area contributed by atoms with Gasteiger partial charge in [-0.15, -0.1) is 11.3 Å². The molecule has 0 aliphatic carbocycles. The molecule has 0 N–H and O–H groups in total. The van der Waals surface area contributed by atoms with Crippen LogP contribution in [0.25, 0.3) is 0 Å². The summed E-state index contributed by atoms with van der Waals surface area (Å²) in [6, 6.07) is 0. The third-order valence-corrected chi connectivity index (χ3v) is 2.75. The van der Waals surface area contributed by atoms with Crippen LogP contribution in [0.5, 0.6) is 0 Å². The quantitative estimate of drug-likeness (QED) is 0.620. The van der Waals surface area contributed by atoms with Crippen LogP contribution in [0.4, 0.5) is 0 Å². The van der Waals surface area contributed by atoms with Crippen molar-refractivity contribution in [3.05, 3.63) is 15.6 Å². The van der Waals surface area contributed by atoms with E-state index in [0.29, 0.717) is 0 Å². The lowest BCUT2D eigenvalue weighted by Gasteiger charge is -1.85. The summed E-state index contributed by atoms with van der Waals surface area (Å²) in [5, 5.41) is 1.14. The predicted octanol–water partition coefficient (Wildman–Crippen LogP) is 2.19. The molecule has 1 aromatic heterocycles. The fourth-order valence-corrected chi connectivity index (χ4v) is 1.94. The molecule has 0 aliphatic heterocycles. The minimum atomic E-state index is 0.817. The van der Waals surface area contributed by atoms with E-state index in [4.69, 9.17) is 0 Å². The highest BCUT2D eigenvalue weighted by Gasteiger charge is 2.00. The summed E-state index contributed by atoms with van der Waals surface area (Å²) >= 11 is 5.89. The molecular formula is C6H9NS2. The molecule has 1 heterocycles. The maximum absolute atomic E-state index is 4.25. The van der Waals surface area contributed by atoms with Crippen LogP contribution in [0, 0.1) is 13.8 Å². The van der Waals surface area contributed by atoms with Crippen molar-refractivity contribution in [2.24, 2.45) is 0 Å². The Balaban J connectivity index is 3.01. The van der Waals surface area contributed by atoms with E-state index in [9.17, 15) is 0 Å². The zero-order valence-corrected chi connectivity index (χ0v) is 7.22. The van der Waals surface area contributed by atoms with Crippen molar-refractivity contribution in [3.8, 4) is 0 Å². The molecule has 9 heavy (non-hydrogen) atoms. The summed E-state index contributed by atoms with van der Waals surface area (Å²) in [6.07, 6.45) is 0. The van der Waals surface area contributed by atoms with Gasteiger partial charge in [0.1, 0.15) is 0 Å². The zero-order valence-electron chi connectivity index (χ0n) is 5.51. The van der Waals surface area contributed by atoms with Crippen LogP contribution in [0.3, 0.4) is 0 Å². The van der Waals surface area contributed by atoms with E-state index in [1.165, 1.54) is 4.88 Å². The first-order valence-corrected chi connectivity index (χ1v) is 4.22. The number of nitrogens with zero attached hydrogens (tertiary/aromatic N) is 1. The lowest BCUT2D eigenvalue weighted by Crippen LogP contribution is -1.75. The molecule has 0 saturated carbocycles. The van der Waals surface area contributed by atoms with Crippen molar-refractivity contribution >= 4 is 24.0 Å². The van der Waals surface area contributed by atoms with Crippen molar-refractivity contribution in [3.63, 3.8) is 0 Å². The zero-order chi connectivity index (χ0) is 6.85. The second kappa shape index (κ2) is 2.71. The average Bonchev–Trinajstić information content (AvgIpc) is 2.10. The van der Waals surface area contributed by atoms with Gasteiger partial charge in [0.05, 0.1) is 10.7 Å². The van der Waals surface area contributed by atoms with Gasteiger partial charge in [-0.25, -0.2) is 4.98 Å². The van der Waals surface area contributed by atoms with Crippen LogP contribution >= 0.6 is 24.0 Å². The topological polar surface area (TPSA) is 12.9 Å². The van der Waals surface area contributed by atoms with Crippen molar-refractivity contribution < 1.29 is 0 Å². The summed E-state index contributed by atoms with van der Waals surface area (Å²) in [5.41, 5.74) is 1.13. The fourth-order valence-electron chi connectivity index (χ4n) is 0.720. The molecule has 0 aromatic carbocycles. The van der Waals surface area contributed by atoms with Gasteiger partial charge in [0.25, 0.3) is 0 Å². The molecule has 0 radical (unpaired) electrons.